The maximum atomic E-state index is 12.4. The van der Waals surface area contributed by atoms with E-state index in [4.69, 9.17) is 14.6 Å². The monoisotopic (exact) mass is 388 g/mol. The highest BCUT2D eigenvalue weighted by Crippen LogP contribution is 2.21. The molecule has 1 N–H and O–H groups in total. The lowest BCUT2D eigenvalue weighted by molar-refractivity contribution is 0.102. The van der Waals surface area contributed by atoms with Crippen molar-refractivity contribution in [1.29, 1.82) is 0 Å². The lowest BCUT2D eigenvalue weighted by atomic mass is 10.1. The van der Waals surface area contributed by atoms with Crippen LogP contribution < -0.4 is 10.5 Å². The summed E-state index contributed by atoms with van der Waals surface area (Å²) in [4.78, 5) is 21.7. The molecule has 0 aliphatic carbocycles. The molecule has 4 rings (SSSR count). The van der Waals surface area contributed by atoms with Crippen LogP contribution in [0.2, 0.25) is 0 Å². The van der Waals surface area contributed by atoms with Gasteiger partial charge in [0.2, 0.25) is 0 Å². The van der Waals surface area contributed by atoms with Crippen LogP contribution in [0, 0.1) is 5.92 Å². The van der Waals surface area contributed by atoms with Gasteiger partial charge in [-0.1, -0.05) is 0 Å². The molecule has 0 amide bonds. The van der Waals surface area contributed by atoms with E-state index in [9.17, 15) is 4.79 Å². The number of aliphatic hydroxyl groups excluding tert-OH is 1. The SMILES string of the molecule is O=c1c2ccc(N3CCN(CC4COCCOC4)CC3)cc2ncn1CCO. The van der Waals surface area contributed by atoms with E-state index in [1.54, 1.807) is 0 Å². The van der Waals surface area contributed by atoms with Crippen molar-refractivity contribution in [1.82, 2.24) is 14.5 Å². The molecule has 2 aromatic rings. The highest BCUT2D eigenvalue weighted by atomic mass is 16.5. The van der Waals surface area contributed by atoms with Crippen LogP contribution in [0.4, 0.5) is 5.69 Å². The van der Waals surface area contributed by atoms with Gasteiger partial charge in [0.05, 0.1) is 56.8 Å². The Morgan fingerprint density at radius 1 is 1.11 bits per heavy atom. The Labute approximate surface area is 164 Å². The average molecular weight is 388 g/mol. The first kappa shape index (κ1) is 19.3. The molecule has 28 heavy (non-hydrogen) atoms. The van der Waals surface area contributed by atoms with Gasteiger partial charge in [0.1, 0.15) is 0 Å². The number of aliphatic hydroxyl groups is 1. The molecule has 1 aromatic carbocycles. The van der Waals surface area contributed by atoms with E-state index < -0.39 is 0 Å². The number of benzene rings is 1. The van der Waals surface area contributed by atoms with Gasteiger partial charge in [-0.2, -0.15) is 0 Å². The van der Waals surface area contributed by atoms with Crippen LogP contribution in [0.5, 0.6) is 0 Å². The van der Waals surface area contributed by atoms with Gasteiger partial charge in [0.15, 0.2) is 0 Å². The van der Waals surface area contributed by atoms with Gasteiger partial charge in [-0.05, 0) is 18.2 Å². The van der Waals surface area contributed by atoms with Crippen LogP contribution in [-0.2, 0) is 16.0 Å². The number of rotatable bonds is 5. The lowest BCUT2D eigenvalue weighted by Gasteiger charge is -2.37. The van der Waals surface area contributed by atoms with E-state index in [0.29, 0.717) is 30.0 Å². The molecule has 8 heteroatoms. The van der Waals surface area contributed by atoms with Crippen LogP contribution >= 0.6 is 0 Å². The van der Waals surface area contributed by atoms with Gasteiger partial charge in [-0.3, -0.25) is 14.3 Å². The molecule has 0 saturated carbocycles. The minimum absolute atomic E-state index is 0.0748. The molecule has 0 atom stereocenters. The number of fused-ring (bicyclic) bond motifs is 1. The first-order chi connectivity index (χ1) is 13.7. The Morgan fingerprint density at radius 2 is 1.86 bits per heavy atom. The number of hydrogen-bond acceptors (Lipinski definition) is 7. The Kier molecular flexibility index (Phi) is 6.21. The van der Waals surface area contributed by atoms with Gasteiger partial charge in [0, 0.05) is 44.3 Å². The van der Waals surface area contributed by atoms with E-state index in [2.05, 4.69) is 14.8 Å². The van der Waals surface area contributed by atoms with E-state index in [0.717, 1.165) is 51.6 Å². The van der Waals surface area contributed by atoms with Crippen molar-refractivity contribution in [2.24, 2.45) is 5.92 Å². The summed E-state index contributed by atoms with van der Waals surface area (Å²) >= 11 is 0. The van der Waals surface area contributed by atoms with Gasteiger partial charge in [-0.15, -0.1) is 0 Å². The van der Waals surface area contributed by atoms with Crippen molar-refractivity contribution < 1.29 is 14.6 Å². The zero-order valence-corrected chi connectivity index (χ0v) is 16.1. The quantitative estimate of drug-likeness (QED) is 0.782. The van der Waals surface area contributed by atoms with Crippen molar-refractivity contribution in [3.8, 4) is 0 Å². The molecular weight excluding hydrogens is 360 g/mol. The second-order valence-electron chi connectivity index (χ2n) is 7.47. The molecule has 2 saturated heterocycles. The Hall–Kier alpha value is -2.00. The second-order valence-corrected chi connectivity index (χ2v) is 7.47. The summed E-state index contributed by atoms with van der Waals surface area (Å²) in [5.74, 6) is 0.444. The van der Waals surface area contributed by atoms with E-state index in [1.165, 1.54) is 10.9 Å². The van der Waals surface area contributed by atoms with E-state index in [1.807, 2.05) is 18.2 Å². The Morgan fingerprint density at radius 3 is 2.57 bits per heavy atom. The number of ether oxygens (including phenoxy) is 2. The average Bonchev–Trinajstić information content (AvgIpc) is 2.99. The van der Waals surface area contributed by atoms with Crippen molar-refractivity contribution in [3.63, 3.8) is 0 Å². The van der Waals surface area contributed by atoms with Crippen molar-refractivity contribution in [3.05, 3.63) is 34.9 Å². The maximum absolute atomic E-state index is 12.4. The zero-order chi connectivity index (χ0) is 19.3. The molecule has 2 aliphatic heterocycles. The summed E-state index contributed by atoms with van der Waals surface area (Å²) in [5.41, 5.74) is 1.69. The summed E-state index contributed by atoms with van der Waals surface area (Å²) < 4.78 is 12.7. The number of hydrogen-bond donors (Lipinski definition) is 1. The van der Waals surface area contributed by atoms with E-state index in [-0.39, 0.29) is 18.7 Å². The third-order valence-corrected chi connectivity index (χ3v) is 5.48. The van der Waals surface area contributed by atoms with Crippen molar-refractivity contribution in [2.45, 2.75) is 6.54 Å². The van der Waals surface area contributed by atoms with Crippen LogP contribution in [0.3, 0.4) is 0 Å². The summed E-state index contributed by atoms with van der Waals surface area (Å²) in [6, 6.07) is 5.83. The fraction of sp³-hybridized carbons (Fsp3) is 0.600. The van der Waals surface area contributed by atoms with Crippen LogP contribution in [0.25, 0.3) is 10.9 Å². The minimum atomic E-state index is -0.108. The summed E-state index contributed by atoms with van der Waals surface area (Å²) in [7, 11) is 0. The molecule has 2 fully saturated rings. The van der Waals surface area contributed by atoms with Crippen molar-refractivity contribution >= 4 is 16.6 Å². The van der Waals surface area contributed by atoms with Crippen LogP contribution in [0.15, 0.2) is 29.3 Å². The first-order valence-electron chi connectivity index (χ1n) is 9.97. The second kappa shape index (κ2) is 9.00. The van der Waals surface area contributed by atoms with Crippen LogP contribution in [-0.4, -0.2) is 85.3 Å². The van der Waals surface area contributed by atoms with Gasteiger partial charge >= 0.3 is 0 Å². The molecule has 8 nitrogen and oxygen atoms in total. The third kappa shape index (κ3) is 4.35. The molecule has 0 bridgehead atoms. The largest absolute Gasteiger partial charge is 0.395 e. The summed E-state index contributed by atoms with van der Waals surface area (Å²) in [6.07, 6.45) is 1.51. The molecule has 0 spiro atoms. The molecule has 0 radical (unpaired) electrons. The Bertz CT molecular complexity index is 840. The molecule has 0 unspecified atom stereocenters. The fourth-order valence-corrected chi connectivity index (χ4v) is 3.94. The number of nitrogens with zero attached hydrogens (tertiary/aromatic N) is 4. The number of anilines is 1. The van der Waals surface area contributed by atoms with Crippen LogP contribution in [0.1, 0.15) is 0 Å². The minimum Gasteiger partial charge on any atom is -0.395 e. The van der Waals surface area contributed by atoms with E-state index >= 15 is 0 Å². The number of aromatic nitrogens is 2. The predicted octanol–water partition coefficient (Wildman–Crippen LogP) is 0.174. The summed E-state index contributed by atoms with van der Waals surface area (Å²) in [6.45, 7) is 8.06. The third-order valence-electron chi connectivity index (χ3n) is 5.48. The Balaban J connectivity index is 1.39. The number of piperazine rings is 1. The highest BCUT2D eigenvalue weighted by Gasteiger charge is 2.22. The molecule has 3 heterocycles. The topological polar surface area (TPSA) is 80.1 Å². The maximum Gasteiger partial charge on any atom is 0.261 e. The van der Waals surface area contributed by atoms with Crippen molar-refractivity contribution in [2.75, 3.05) is 70.7 Å². The normalized spacial score (nSPS) is 19.8. The van der Waals surface area contributed by atoms with Gasteiger partial charge in [-0.25, -0.2) is 4.98 Å². The molecular formula is C20H28N4O4. The molecule has 152 valence electrons. The molecule has 1 aromatic heterocycles. The highest BCUT2D eigenvalue weighted by molar-refractivity contribution is 5.81. The van der Waals surface area contributed by atoms with Gasteiger partial charge in [0.25, 0.3) is 5.56 Å². The smallest absolute Gasteiger partial charge is 0.261 e. The summed E-state index contributed by atoms with van der Waals surface area (Å²) in [5, 5.41) is 9.65. The first-order valence-corrected chi connectivity index (χ1v) is 9.97. The zero-order valence-electron chi connectivity index (χ0n) is 16.1. The standard InChI is InChI=1S/C20H28N4O4/c25-8-7-24-15-21-19-11-17(1-2-18(19)20(24)26)23-5-3-22(4-6-23)12-16-13-27-9-10-28-14-16/h1-2,11,15-16,25H,3-10,12-14H2. The van der Waals surface area contributed by atoms with Gasteiger partial charge < -0.3 is 19.5 Å². The lowest BCUT2D eigenvalue weighted by Crippen LogP contribution is -2.48. The molecule has 2 aliphatic rings. The fourth-order valence-electron chi connectivity index (χ4n) is 3.94. The predicted molar refractivity (Wildman–Crippen MR) is 107 cm³/mol.